The number of benzene rings is 1. The van der Waals surface area contributed by atoms with Gasteiger partial charge in [-0.15, -0.1) is 35.0 Å². The van der Waals surface area contributed by atoms with Gasteiger partial charge in [-0.2, -0.15) is 0 Å². The van der Waals surface area contributed by atoms with E-state index in [1.54, 1.807) is 12.4 Å². The molecular weight excluding hydrogens is 483 g/mol. The van der Waals surface area contributed by atoms with E-state index in [1.807, 2.05) is 39.8 Å². The minimum absolute atomic E-state index is 0. The Labute approximate surface area is 210 Å². The van der Waals surface area contributed by atoms with Gasteiger partial charge in [-0.25, -0.2) is 0 Å². The van der Waals surface area contributed by atoms with E-state index in [-0.39, 0.29) is 42.2 Å². The first kappa shape index (κ1) is 25.4. The summed E-state index contributed by atoms with van der Waals surface area (Å²) >= 11 is 6.23. The summed E-state index contributed by atoms with van der Waals surface area (Å²) in [6, 6.07) is 12.0. The van der Waals surface area contributed by atoms with Gasteiger partial charge in [0.15, 0.2) is 5.82 Å². The fraction of sp³-hybridized carbons (Fsp3) is 0.391. The van der Waals surface area contributed by atoms with Crippen molar-refractivity contribution in [2.75, 3.05) is 13.1 Å². The SMILES string of the molecule is Cl.Cl.NC[C@]1(c2cccc(Cl)c2)CC[C@@H](N2CCn3c(nnc3-c3cccnc3)C2=O)CC1. The molecule has 1 amide bonds. The lowest BCUT2D eigenvalue weighted by Crippen LogP contribution is -2.50. The fourth-order valence-corrected chi connectivity index (χ4v) is 5.25. The van der Waals surface area contributed by atoms with Gasteiger partial charge < -0.3 is 15.2 Å². The Morgan fingerprint density at radius 1 is 1.06 bits per heavy atom. The summed E-state index contributed by atoms with van der Waals surface area (Å²) in [7, 11) is 0. The van der Waals surface area contributed by atoms with E-state index in [0.29, 0.717) is 31.3 Å². The lowest BCUT2D eigenvalue weighted by atomic mass is 9.68. The van der Waals surface area contributed by atoms with Gasteiger partial charge in [0.2, 0.25) is 5.82 Å². The van der Waals surface area contributed by atoms with Gasteiger partial charge in [0, 0.05) is 54.1 Å². The molecule has 0 bridgehead atoms. The van der Waals surface area contributed by atoms with Crippen molar-refractivity contribution in [2.24, 2.45) is 5.73 Å². The van der Waals surface area contributed by atoms with E-state index in [4.69, 9.17) is 17.3 Å². The van der Waals surface area contributed by atoms with E-state index >= 15 is 0 Å². The van der Waals surface area contributed by atoms with Crippen LogP contribution < -0.4 is 5.73 Å². The average molecular weight is 510 g/mol. The van der Waals surface area contributed by atoms with Crippen LogP contribution in [0.1, 0.15) is 41.9 Å². The van der Waals surface area contributed by atoms with Crippen LogP contribution in [0, 0.1) is 0 Å². The molecule has 10 heteroatoms. The highest BCUT2D eigenvalue weighted by molar-refractivity contribution is 6.30. The first-order valence-electron chi connectivity index (χ1n) is 10.7. The molecule has 1 aliphatic carbocycles. The Morgan fingerprint density at radius 2 is 1.82 bits per heavy atom. The Kier molecular flexibility index (Phi) is 8.00. The van der Waals surface area contributed by atoms with Crippen LogP contribution in [0.5, 0.6) is 0 Å². The Hall–Kier alpha value is -2.19. The van der Waals surface area contributed by atoms with E-state index in [0.717, 1.165) is 36.3 Å². The lowest BCUT2D eigenvalue weighted by molar-refractivity contribution is 0.0523. The molecule has 5 rings (SSSR count). The summed E-state index contributed by atoms with van der Waals surface area (Å²) in [5.41, 5.74) is 8.24. The van der Waals surface area contributed by atoms with Gasteiger partial charge in [0.25, 0.3) is 5.91 Å². The van der Waals surface area contributed by atoms with Gasteiger partial charge >= 0.3 is 0 Å². The number of nitrogens with two attached hydrogens (primary N) is 1. The second-order valence-corrected chi connectivity index (χ2v) is 8.90. The highest BCUT2D eigenvalue weighted by Gasteiger charge is 2.40. The molecule has 2 aliphatic rings. The van der Waals surface area contributed by atoms with Gasteiger partial charge in [0.1, 0.15) is 0 Å². The second kappa shape index (κ2) is 10.4. The third kappa shape index (κ3) is 4.60. The van der Waals surface area contributed by atoms with Crippen molar-refractivity contribution in [3.05, 3.63) is 65.2 Å². The van der Waals surface area contributed by atoms with Crippen molar-refractivity contribution in [1.29, 1.82) is 0 Å². The number of carbonyl (C=O) groups is 1. The number of carbonyl (C=O) groups excluding carboxylic acids is 1. The van der Waals surface area contributed by atoms with E-state index in [2.05, 4.69) is 21.2 Å². The molecular formula is C23H27Cl3N6O. The van der Waals surface area contributed by atoms with Crippen molar-refractivity contribution < 1.29 is 4.79 Å². The fourth-order valence-electron chi connectivity index (χ4n) is 5.06. The zero-order valence-electron chi connectivity index (χ0n) is 18.1. The molecule has 7 nitrogen and oxygen atoms in total. The largest absolute Gasteiger partial charge is 0.331 e. The number of fused-ring (bicyclic) bond motifs is 1. The number of halogens is 3. The Morgan fingerprint density at radius 3 is 2.48 bits per heavy atom. The monoisotopic (exact) mass is 508 g/mol. The van der Waals surface area contributed by atoms with E-state index in [9.17, 15) is 4.79 Å². The van der Waals surface area contributed by atoms with E-state index < -0.39 is 0 Å². The number of rotatable bonds is 4. The number of nitrogens with zero attached hydrogens (tertiary/aromatic N) is 5. The maximum absolute atomic E-state index is 13.3. The van der Waals surface area contributed by atoms with Gasteiger partial charge in [-0.05, 0) is 55.5 Å². The number of hydrogen-bond donors (Lipinski definition) is 1. The minimum atomic E-state index is -0.0757. The number of pyridine rings is 1. The zero-order chi connectivity index (χ0) is 21.4. The van der Waals surface area contributed by atoms with Crippen molar-refractivity contribution in [1.82, 2.24) is 24.6 Å². The summed E-state index contributed by atoms with van der Waals surface area (Å²) in [4.78, 5) is 19.4. The summed E-state index contributed by atoms with van der Waals surface area (Å²) in [6.07, 6.45) is 7.17. The topological polar surface area (TPSA) is 89.9 Å². The molecule has 2 aromatic heterocycles. The molecule has 3 aromatic rings. The quantitative estimate of drug-likeness (QED) is 0.571. The van der Waals surface area contributed by atoms with Crippen LogP contribution in [0.15, 0.2) is 48.8 Å². The van der Waals surface area contributed by atoms with Gasteiger partial charge in [0.05, 0.1) is 0 Å². The summed E-state index contributed by atoms with van der Waals surface area (Å²) < 4.78 is 1.91. The van der Waals surface area contributed by atoms with Crippen LogP contribution in [0.2, 0.25) is 5.02 Å². The maximum atomic E-state index is 13.3. The van der Waals surface area contributed by atoms with Crippen LogP contribution in [0.25, 0.3) is 11.4 Å². The first-order valence-corrected chi connectivity index (χ1v) is 11.1. The zero-order valence-corrected chi connectivity index (χ0v) is 20.5. The van der Waals surface area contributed by atoms with E-state index in [1.165, 1.54) is 5.56 Å². The molecule has 176 valence electrons. The maximum Gasteiger partial charge on any atom is 0.292 e. The molecule has 1 fully saturated rings. The van der Waals surface area contributed by atoms with Crippen molar-refractivity contribution in [3.63, 3.8) is 0 Å². The second-order valence-electron chi connectivity index (χ2n) is 8.47. The lowest BCUT2D eigenvalue weighted by Gasteiger charge is -2.44. The molecule has 0 spiro atoms. The van der Waals surface area contributed by atoms with Gasteiger partial charge in [-0.3, -0.25) is 9.78 Å². The summed E-state index contributed by atoms with van der Waals surface area (Å²) in [6.45, 7) is 1.93. The molecule has 33 heavy (non-hydrogen) atoms. The standard InChI is InChI=1S/C23H25ClN6O.2ClH/c24-18-5-1-4-17(13-18)23(15-25)8-6-19(7-9-23)29-11-12-30-20(16-3-2-10-26-14-16)27-28-21(30)22(29)31;;/h1-5,10,13-14,19H,6-9,11-12,15,25H2;2*1H/t19-,23+;;. The Balaban J connectivity index is 0.00000153. The average Bonchev–Trinajstić information content (AvgIpc) is 3.25. The first-order chi connectivity index (χ1) is 15.1. The van der Waals surface area contributed by atoms with Crippen molar-refractivity contribution >= 4 is 42.3 Å². The smallest absolute Gasteiger partial charge is 0.292 e. The molecule has 0 unspecified atom stereocenters. The molecule has 0 radical (unpaired) electrons. The van der Waals surface area contributed by atoms with Crippen LogP contribution in [-0.2, 0) is 12.0 Å². The molecule has 0 atom stereocenters. The number of hydrogen-bond acceptors (Lipinski definition) is 5. The van der Waals surface area contributed by atoms with Crippen LogP contribution in [0.4, 0.5) is 0 Å². The summed E-state index contributed by atoms with van der Waals surface area (Å²) in [5.74, 6) is 1.07. The predicted octanol–water partition coefficient (Wildman–Crippen LogP) is 4.13. The molecule has 1 saturated carbocycles. The van der Waals surface area contributed by atoms with Crippen molar-refractivity contribution in [2.45, 2.75) is 43.7 Å². The highest BCUT2D eigenvalue weighted by atomic mass is 35.5. The number of aromatic nitrogens is 4. The Bertz CT molecular complexity index is 1100. The highest BCUT2D eigenvalue weighted by Crippen LogP contribution is 2.41. The molecule has 1 aliphatic heterocycles. The predicted molar refractivity (Wildman–Crippen MR) is 133 cm³/mol. The normalized spacial score (nSPS) is 22.2. The van der Waals surface area contributed by atoms with Crippen molar-refractivity contribution in [3.8, 4) is 11.4 Å². The molecule has 1 aromatic carbocycles. The molecule has 0 saturated heterocycles. The minimum Gasteiger partial charge on any atom is -0.331 e. The van der Waals surface area contributed by atoms with Gasteiger partial charge in [-0.1, -0.05) is 23.7 Å². The van der Waals surface area contributed by atoms with Crippen LogP contribution >= 0.6 is 36.4 Å². The third-order valence-corrected chi connectivity index (χ3v) is 7.10. The third-order valence-electron chi connectivity index (χ3n) is 6.87. The molecule has 2 N–H and O–H groups in total. The van der Waals surface area contributed by atoms with Crippen LogP contribution in [0.3, 0.4) is 0 Å². The number of amides is 1. The van der Waals surface area contributed by atoms with Crippen LogP contribution in [-0.4, -0.2) is 49.7 Å². The summed E-state index contributed by atoms with van der Waals surface area (Å²) in [5, 5.41) is 9.24. The molecule has 3 heterocycles.